The van der Waals surface area contributed by atoms with Gasteiger partial charge in [-0.1, -0.05) is 31.7 Å². The van der Waals surface area contributed by atoms with Crippen molar-refractivity contribution in [1.82, 2.24) is 39.7 Å². The van der Waals surface area contributed by atoms with Crippen LogP contribution in [0.2, 0.25) is 5.28 Å². The van der Waals surface area contributed by atoms with Gasteiger partial charge in [0, 0.05) is 86.1 Å². The summed E-state index contributed by atoms with van der Waals surface area (Å²) in [6.07, 6.45) is 13.8. The summed E-state index contributed by atoms with van der Waals surface area (Å²) in [6, 6.07) is 20.5. The summed E-state index contributed by atoms with van der Waals surface area (Å²) >= 11 is 15.9. The second kappa shape index (κ2) is 40.7. The summed E-state index contributed by atoms with van der Waals surface area (Å²) in [5.74, 6) is 3.72. The molecule has 0 unspecified atom stereocenters. The van der Waals surface area contributed by atoms with Crippen molar-refractivity contribution >= 4 is 99.6 Å². The van der Waals surface area contributed by atoms with Crippen LogP contribution in [0.1, 0.15) is 65.3 Å². The van der Waals surface area contributed by atoms with Gasteiger partial charge >= 0.3 is 103 Å². The van der Waals surface area contributed by atoms with Crippen LogP contribution in [0.15, 0.2) is 127 Å². The van der Waals surface area contributed by atoms with Gasteiger partial charge in [-0.15, -0.1) is 22.7 Å². The number of nitrogens with zero attached hydrogens (tertiary/aromatic N) is 8. The monoisotopic (exact) mass is 1370 g/mol. The van der Waals surface area contributed by atoms with Gasteiger partial charge in [0.25, 0.3) is 6.47 Å². The molecule has 0 aliphatic carbocycles. The van der Waals surface area contributed by atoms with E-state index in [4.69, 9.17) is 45.7 Å². The number of β-amino-alcohol motifs (C(OH)–C–C–N with tert-alkyl or cyclic N) is 2. The number of fused-ring (bicyclic) bond motifs is 2. The SMILES string of the molecule is C.Clc1nccc(-c2sccc2Br)n1.NC[C@H](O)CN1CCc2cc(OCc3cnco3)ccc2C1.O=CO[O-].O[C@@H](CCc1nccc(OCc2sccc2Br)n1)CN1CCc2cc(CCc3cnco3)ccc2C1.S.S.[H-].[K+].[K+]. The molecule has 8 heterocycles. The van der Waals surface area contributed by atoms with E-state index in [2.05, 4.69) is 107 Å². The fourth-order valence-corrected chi connectivity index (χ4v) is 11.1. The number of hydrogen-bond donors (Lipinski definition) is 3. The zero-order valence-corrected chi connectivity index (χ0v) is 57.4. The molecule has 8 aromatic rings. The Morgan fingerprint density at radius 3 is 2.02 bits per heavy atom. The summed E-state index contributed by atoms with van der Waals surface area (Å²) in [7, 11) is 0. The second-order valence-corrected chi connectivity index (χ2v) is 21.1. The number of aryl methyl sites for hydroxylation is 3. The Morgan fingerprint density at radius 1 is 0.775 bits per heavy atom. The average Bonchev–Trinajstić information content (AvgIpc) is 4.30. The van der Waals surface area contributed by atoms with Crippen LogP contribution in [0.25, 0.3) is 10.6 Å². The summed E-state index contributed by atoms with van der Waals surface area (Å²) in [6.45, 7) is 5.84. The Morgan fingerprint density at radius 2 is 1.41 bits per heavy atom. The van der Waals surface area contributed by atoms with E-state index in [1.54, 1.807) is 53.5 Å². The van der Waals surface area contributed by atoms with Gasteiger partial charge in [0.1, 0.15) is 30.5 Å². The molecule has 4 N–H and O–H groups in total. The molecule has 27 heteroatoms. The van der Waals surface area contributed by atoms with E-state index in [-0.39, 0.29) is 150 Å². The van der Waals surface area contributed by atoms with Crippen molar-refractivity contribution in [2.45, 2.75) is 84.5 Å². The minimum atomic E-state index is -0.453. The molecule has 0 saturated heterocycles. The van der Waals surface area contributed by atoms with Gasteiger partial charge in [-0.2, -0.15) is 32.0 Å². The molecule has 6 aromatic heterocycles. The number of halogens is 3. The number of aliphatic hydroxyl groups is 2. The molecule has 2 aliphatic rings. The third-order valence-corrected chi connectivity index (χ3v) is 15.7. The fraction of sp³-hybridized carbons (Fsp3) is 0.340. The Kier molecular flexibility index (Phi) is 38.0. The number of nitrogens with two attached hydrogens (primary N) is 1. The smallest absolute Gasteiger partial charge is 1.00 e. The number of aromatic nitrogens is 6. The number of benzene rings is 2. The first-order chi connectivity index (χ1) is 36.5. The van der Waals surface area contributed by atoms with E-state index in [1.165, 1.54) is 40.6 Å². The van der Waals surface area contributed by atoms with Crippen molar-refractivity contribution in [2.75, 3.05) is 32.7 Å². The van der Waals surface area contributed by atoms with E-state index < -0.39 is 12.2 Å². The Bertz CT molecular complexity index is 2990. The molecule has 422 valence electrons. The number of carbonyl (C=O) groups is 1. The molecule has 2 aromatic carbocycles. The molecule has 0 radical (unpaired) electrons. The van der Waals surface area contributed by atoms with Crippen LogP contribution < -0.4 is 123 Å². The number of oxazole rings is 2. The Hall–Kier alpha value is -1.53. The molecular formula is C53H64Br2ClK2N9O9S4. The number of hydrogen-bond acceptors (Lipinski definition) is 20. The van der Waals surface area contributed by atoms with Gasteiger partial charge in [-0.3, -0.25) is 14.6 Å². The fourth-order valence-electron chi connectivity index (χ4n) is 8.05. The zero-order valence-electron chi connectivity index (χ0n) is 44.6. The maximum Gasteiger partial charge on any atom is 1.00 e. The van der Waals surface area contributed by atoms with E-state index in [0.717, 1.165) is 87.8 Å². The first-order valence-corrected chi connectivity index (χ1v) is 27.5. The van der Waals surface area contributed by atoms with E-state index >= 15 is 0 Å². The van der Waals surface area contributed by atoms with Crippen molar-refractivity contribution < 1.29 is 148 Å². The van der Waals surface area contributed by atoms with Crippen LogP contribution in [0, 0.1) is 0 Å². The second-order valence-electron chi connectivity index (χ2n) is 17.1. The molecule has 0 bridgehead atoms. The number of ether oxygens (including phenoxy) is 2. The molecule has 0 spiro atoms. The molecule has 18 nitrogen and oxygen atoms in total. The molecule has 0 saturated carbocycles. The van der Waals surface area contributed by atoms with E-state index in [0.29, 0.717) is 63.2 Å². The summed E-state index contributed by atoms with van der Waals surface area (Å²) in [5, 5.41) is 33.1. The first kappa shape index (κ1) is 74.6. The predicted molar refractivity (Wildman–Crippen MR) is 317 cm³/mol. The predicted octanol–water partition coefficient (Wildman–Crippen LogP) is 2.97. The summed E-state index contributed by atoms with van der Waals surface area (Å²) in [4.78, 5) is 42.7. The van der Waals surface area contributed by atoms with Gasteiger partial charge in [-0.05, 0) is 138 Å². The first-order valence-electron chi connectivity index (χ1n) is 23.8. The van der Waals surface area contributed by atoms with Crippen molar-refractivity contribution in [1.29, 1.82) is 0 Å². The van der Waals surface area contributed by atoms with Crippen LogP contribution in [0.3, 0.4) is 0 Å². The maximum atomic E-state index is 10.7. The van der Waals surface area contributed by atoms with Crippen molar-refractivity contribution in [3.05, 3.63) is 173 Å². The Balaban J connectivity index is 0.000000624. The number of carbonyl (C=O) groups excluding carboxylic acids is 1. The van der Waals surface area contributed by atoms with Crippen LogP contribution in [0.4, 0.5) is 0 Å². The minimum absolute atomic E-state index is 0. The van der Waals surface area contributed by atoms with Crippen molar-refractivity contribution in [2.24, 2.45) is 5.73 Å². The minimum Gasteiger partial charge on any atom is -1.00 e. The summed E-state index contributed by atoms with van der Waals surface area (Å²) in [5.41, 5.74) is 13.0. The molecule has 2 aliphatic heterocycles. The van der Waals surface area contributed by atoms with Gasteiger partial charge in [0.05, 0.1) is 40.0 Å². The number of aliphatic hydroxyl groups excluding tert-OH is 2. The average molecular weight is 1370 g/mol. The van der Waals surface area contributed by atoms with Crippen LogP contribution >= 0.6 is 93.1 Å². The number of thiophene rings is 2. The number of rotatable bonds is 19. The maximum absolute atomic E-state index is 10.7. The van der Waals surface area contributed by atoms with E-state index in [1.807, 2.05) is 35.0 Å². The van der Waals surface area contributed by atoms with E-state index in [9.17, 15) is 10.2 Å². The van der Waals surface area contributed by atoms with Gasteiger partial charge in [0.15, 0.2) is 18.5 Å². The summed E-state index contributed by atoms with van der Waals surface area (Å²) < 4.78 is 24.1. The van der Waals surface area contributed by atoms with Gasteiger partial charge in [0.2, 0.25) is 11.2 Å². The van der Waals surface area contributed by atoms with Crippen molar-refractivity contribution in [3.8, 4) is 22.2 Å². The third-order valence-electron chi connectivity index (χ3n) is 11.8. The Labute approximate surface area is 596 Å². The molecule has 10 rings (SSSR count). The van der Waals surface area contributed by atoms with Gasteiger partial charge < -0.3 is 45.8 Å². The topological polar surface area (TPSA) is 244 Å². The molecule has 2 atom stereocenters. The van der Waals surface area contributed by atoms with Crippen LogP contribution in [0.5, 0.6) is 11.6 Å². The van der Waals surface area contributed by atoms with Crippen LogP contribution in [-0.2, 0) is 68.1 Å². The van der Waals surface area contributed by atoms with Gasteiger partial charge in [-0.25, -0.2) is 24.9 Å². The van der Waals surface area contributed by atoms with Crippen molar-refractivity contribution in [3.63, 3.8) is 0 Å². The third kappa shape index (κ3) is 25.2. The molecule has 0 fully saturated rings. The normalized spacial score (nSPS) is 12.9. The molecule has 80 heavy (non-hydrogen) atoms. The van der Waals surface area contributed by atoms with Crippen LogP contribution in [-0.4, -0.2) is 101 Å². The zero-order chi connectivity index (χ0) is 52.8. The molecular weight excluding hydrogens is 1310 g/mol. The standard InChI is InChI=1S/C27H29BrN4O3S.C16H21N3O3.C8H4BrClN2S.CH2O3.CH4.2K.2H2S.H/c28-24-9-12-36-25(24)17-34-27-7-10-30-26(31-27)6-4-22(33)16-32-11-8-20-13-19(1-3-21(20)15-32)2-5-23-14-29-18-35-23;17-6-14(20)9-19-4-3-12-5-15(2-1-13(12)8-19)21-10-16-7-18-11-22-16;9-5-2-4-13-7(5)6-1-3-11-8(10)12-6;2-1-4-3;;;;;;/h1,3,7,9-10,12-14,18,22,33H,2,4-6,8,11,15-17H2;1-2,5,7,11,14,20H,3-4,6,8-10,17H2;1-4H;1,3H;1H4;;;2*1H2;/q;;;;;2*+1;;;-1/p-1/t22-;14-;;;;;;;;/m00......../s1. The largest absolute Gasteiger partial charge is 1.00 e. The molecule has 0 amide bonds. The quantitative estimate of drug-likeness (QED) is 0.0346.